The Morgan fingerprint density at radius 1 is 1.44 bits per heavy atom. The number of hydrogen-bond acceptors (Lipinski definition) is 5. The Labute approximate surface area is 162 Å². The van der Waals surface area contributed by atoms with Gasteiger partial charge in [-0.05, 0) is 48.8 Å². The summed E-state index contributed by atoms with van der Waals surface area (Å²) in [5.74, 6) is 1.84. The van der Waals surface area contributed by atoms with Crippen LogP contribution in [-0.2, 0) is 9.53 Å². The SMILES string of the molecule is CC(C)[C@H]1CC[C@H](C)C[C@H]1OC(=O)CSc1nc2cc(Cl)ccc2s1. The van der Waals surface area contributed by atoms with Gasteiger partial charge in [0.15, 0.2) is 4.34 Å². The minimum absolute atomic E-state index is 0.0611. The Balaban J connectivity index is 1.57. The number of benzene rings is 1. The van der Waals surface area contributed by atoms with Gasteiger partial charge in [-0.1, -0.05) is 50.6 Å². The van der Waals surface area contributed by atoms with Crippen LogP contribution >= 0.6 is 34.7 Å². The van der Waals surface area contributed by atoms with Gasteiger partial charge in [-0.2, -0.15) is 0 Å². The summed E-state index contributed by atoms with van der Waals surface area (Å²) in [7, 11) is 0. The second-order valence-electron chi connectivity index (χ2n) is 7.23. The molecule has 0 amide bonds. The molecular weight excluding hydrogens is 374 g/mol. The van der Waals surface area contributed by atoms with Crippen LogP contribution in [0.25, 0.3) is 10.2 Å². The third-order valence-corrected chi connectivity index (χ3v) is 7.28. The Kier molecular flexibility index (Phi) is 6.29. The van der Waals surface area contributed by atoms with Crippen LogP contribution in [0.4, 0.5) is 0 Å². The van der Waals surface area contributed by atoms with Gasteiger partial charge in [0, 0.05) is 5.02 Å². The summed E-state index contributed by atoms with van der Waals surface area (Å²) in [6.45, 7) is 6.70. The normalized spacial score (nSPS) is 24.0. The van der Waals surface area contributed by atoms with Crippen LogP contribution in [0.1, 0.15) is 40.0 Å². The highest BCUT2D eigenvalue weighted by molar-refractivity contribution is 8.01. The van der Waals surface area contributed by atoms with Gasteiger partial charge in [0.25, 0.3) is 0 Å². The summed E-state index contributed by atoms with van der Waals surface area (Å²) < 4.78 is 7.81. The van der Waals surface area contributed by atoms with Gasteiger partial charge in [0.05, 0.1) is 16.0 Å². The van der Waals surface area contributed by atoms with Crippen LogP contribution in [0.3, 0.4) is 0 Å². The molecule has 1 heterocycles. The van der Waals surface area contributed by atoms with E-state index >= 15 is 0 Å². The summed E-state index contributed by atoms with van der Waals surface area (Å²) in [5.41, 5.74) is 0.884. The largest absolute Gasteiger partial charge is 0.461 e. The smallest absolute Gasteiger partial charge is 0.316 e. The fraction of sp³-hybridized carbons (Fsp3) is 0.579. The highest BCUT2D eigenvalue weighted by atomic mass is 35.5. The number of rotatable bonds is 5. The number of thioether (sulfide) groups is 1. The molecule has 6 heteroatoms. The van der Waals surface area contributed by atoms with Crippen LogP contribution in [-0.4, -0.2) is 22.8 Å². The maximum Gasteiger partial charge on any atom is 0.316 e. The molecule has 136 valence electrons. The average molecular weight is 398 g/mol. The molecule has 0 radical (unpaired) electrons. The van der Waals surface area contributed by atoms with Crippen LogP contribution < -0.4 is 0 Å². The van der Waals surface area contributed by atoms with Crippen LogP contribution in [0.5, 0.6) is 0 Å². The number of esters is 1. The molecule has 25 heavy (non-hydrogen) atoms. The summed E-state index contributed by atoms with van der Waals surface area (Å²) in [6, 6.07) is 5.68. The number of ether oxygens (including phenoxy) is 1. The molecule has 1 saturated carbocycles. The fourth-order valence-electron chi connectivity index (χ4n) is 3.51. The van der Waals surface area contributed by atoms with E-state index in [1.165, 1.54) is 18.2 Å². The lowest BCUT2D eigenvalue weighted by Gasteiger charge is -2.36. The number of aromatic nitrogens is 1. The van der Waals surface area contributed by atoms with E-state index in [0.29, 0.717) is 28.5 Å². The third kappa shape index (κ3) is 4.89. The van der Waals surface area contributed by atoms with Gasteiger partial charge in [-0.25, -0.2) is 4.98 Å². The van der Waals surface area contributed by atoms with Gasteiger partial charge in [0.1, 0.15) is 6.10 Å². The molecule has 3 atom stereocenters. The van der Waals surface area contributed by atoms with Gasteiger partial charge < -0.3 is 4.74 Å². The van der Waals surface area contributed by atoms with E-state index in [2.05, 4.69) is 25.8 Å². The van der Waals surface area contributed by atoms with Crippen LogP contribution in [0.15, 0.2) is 22.5 Å². The number of fused-ring (bicyclic) bond motifs is 1. The summed E-state index contributed by atoms with van der Waals surface area (Å²) in [4.78, 5) is 16.9. The second-order valence-corrected chi connectivity index (χ2v) is 9.92. The van der Waals surface area contributed by atoms with Crippen LogP contribution in [0.2, 0.25) is 5.02 Å². The molecule has 0 spiro atoms. The van der Waals surface area contributed by atoms with Gasteiger partial charge in [0.2, 0.25) is 0 Å². The molecule has 0 aliphatic heterocycles. The number of hydrogen-bond donors (Lipinski definition) is 0. The molecule has 0 bridgehead atoms. The van der Waals surface area contributed by atoms with Gasteiger partial charge in [-0.3, -0.25) is 4.79 Å². The first-order valence-electron chi connectivity index (χ1n) is 8.80. The van der Waals surface area contributed by atoms with Crippen molar-refractivity contribution in [3.8, 4) is 0 Å². The highest BCUT2D eigenvalue weighted by Gasteiger charge is 2.33. The van der Waals surface area contributed by atoms with Crippen molar-refractivity contribution in [1.82, 2.24) is 4.98 Å². The monoisotopic (exact) mass is 397 g/mol. The van der Waals surface area contributed by atoms with E-state index < -0.39 is 0 Å². The van der Waals surface area contributed by atoms with E-state index in [4.69, 9.17) is 16.3 Å². The second kappa shape index (κ2) is 8.28. The number of thiazole rings is 1. The van der Waals surface area contributed by atoms with Crippen LogP contribution in [0, 0.1) is 17.8 Å². The lowest BCUT2D eigenvalue weighted by atomic mass is 9.75. The first-order chi connectivity index (χ1) is 11.9. The molecule has 0 unspecified atom stereocenters. The number of carbonyl (C=O) groups is 1. The molecular formula is C19H24ClNO2S2. The maximum absolute atomic E-state index is 12.3. The third-order valence-electron chi connectivity index (χ3n) is 4.89. The molecule has 1 aromatic heterocycles. The standard InChI is InChI=1S/C19H24ClNO2S2/c1-11(2)14-6-4-12(3)8-16(14)23-18(22)10-24-19-21-15-9-13(20)5-7-17(15)25-19/h5,7,9,11-12,14,16H,4,6,8,10H2,1-3H3/t12-,14+,16+/m0/s1. The lowest BCUT2D eigenvalue weighted by molar-refractivity contribution is -0.152. The van der Waals surface area contributed by atoms with E-state index in [0.717, 1.165) is 27.4 Å². The zero-order valence-electron chi connectivity index (χ0n) is 14.8. The summed E-state index contributed by atoms with van der Waals surface area (Å²) in [5, 5.41) is 0.680. The molecule has 1 aromatic carbocycles. The minimum atomic E-state index is -0.132. The number of nitrogens with zero attached hydrogens (tertiary/aromatic N) is 1. The number of halogens is 1. The first kappa shape index (κ1) is 19.0. The number of carbonyl (C=O) groups excluding carboxylic acids is 1. The summed E-state index contributed by atoms with van der Waals surface area (Å²) >= 11 is 9.03. The van der Waals surface area contributed by atoms with Gasteiger partial charge >= 0.3 is 5.97 Å². The molecule has 0 saturated heterocycles. The predicted octanol–water partition coefficient (Wildman–Crippen LogP) is 6.05. The molecule has 3 nitrogen and oxygen atoms in total. The lowest BCUT2D eigenvalue weighted by Crippen LogP contribution is -2.36. The Hall–Kier alpha value is -0.780. The van der Waals surface area contributed by atoms with Crippen molar-refractivity contribution in [3.05, 3.63) is 23.2 Å². The van der Waals surface area contributed by atoms with Crippen molar-refractivity contribution < 1.29 is 9.53 Å². The minimum Gasteiger partial charge on any atom is -0.461 e. The van der Waals surface area contributed by atoms with Crippen molar-refractivity contribution >= 4 is 50.9 Å². The maximum atomic E-state index is 12.3. The van der Waals surface area contributed by atoms with E-state index in [1.807, 2.05) is 18.2 Å². The van der Waals surface area contributed by atoms with Crippen molar-refractivity contribution in [2.45, 2.75) is 50.5 Å². The quantitative estimate of drug-likeness (QED) is 0.455. The Morgan fingerprint density at radius 2 is 2.24 bits per heavy atom. The van der Waals surface area contributed by atoms with Crippen molar-refractivity contribution in [3.63, 3.8) is 0 Å². The molecule has 2 aromatic rings. The van der Waals surface area contributed by atoms with E-state index in [1.54, 1.807) is 11.3 Å². The Morgan fingerprint density at radius 3 is 3.00 bits per heavy atom. The zero-order valence-corrected chi connectivity index (χ0v) is 17.2. The highest BCUT2D eigenvalue weighted by Crippen LogP contribution is 2.36. The van der Waals surface area contributed by atoms with E-state index in [9.17, 15) is 4.79 Å². The fourth-order valence-corrected chi connectivity index (χ4v) is 5.51. The zero-order chi connectivity index (χ0) is 18.0. The average Bonchev–Trinajstić information content (AvgIpc) is 2.94. The van der Waals surface area contributed by atoms with Crippen molar-refractivity contribution in [2.24, 2.45) is 17.8 Å². The van der Waals surface area contributed by atoms with E-state index in [-0.39, 0.29) is 12.1 Å². The van der Waals surface area contributed by atoms with Gasteiger partial charge in [-0.15, -0.1) is 11.3 Å². The van der Waals surface area contributed by atoms with Crippen molar-refractivity contribution in [1.29, 1.82) is 0 Å². The molecule has 3 rings (SSSR count). The topological polar surface area (TPSA) is 39.2 Å². The molecule has 0 N–H and O–H groups in total. The molecule has 1 aliphatic carbocycles. The van der Waals surface area contributed by atoms with Crippen molar-refractivity contribution in [2.75, 3.05) is 5.75 Å². The molecule has 1 aliphatic rings. The first-order valence-corrected chi connectivity index (χ1v) is 11.0. The Bertz CT molecular complexity index is 746. The summed E-state index contributed by atoms with van der Waals surface area (Å²) in [6.07, 6.45) is 3.44. The predicted molar refractivity (Wildman–Crippen MR) is 107 cm³/mol. The molecule has 1 fully saturated rings.